The molecule has 0 radical (unpaired) electrons. The molecule has 1 aliphatic rings. The van der Waals surface area contributed by atoms with Gasteiger partial charge in [0.2, 0.25) is 0 Å². The van der Waals surface area contributed by atoms with Gasteiger partial charge < -0.3 is 10.6 Å². The van der Waals surface area contributed by atoms with Crippen molar-refractivity contribution in [2.24, 2.45) is 4.99 Å². The molecule has 2 aromatic rings. The van der Waals surface area contributed by atoms with E-state index in [1.807, 2.05) is 27.7 Å². The lowest BCUT2D eigenvalue weighted by atomic mass is 9.99. The Morgan fingerprint density at radius 3 is 2.04 bits per heavy atom. The van der Waals surface area contributed by atoms with Gasteiger partial charge in [-0.1, -0.05) is 88.4 Å². The Balaban J connectivity index is 0.000000671. The Hall–Kier alpha value is -2.29. The molecular formula is C21H31N3. The summed E-state index contributed by atoms with van der Waals surface area (Å²) < 4.78 is 0. The number of nitrogens with one attached hydrogen (secondary N) is 2. The summed E-state index contributed by atoms with van der Waals surface area (Å²) in [4.78, 5) is 4.44. The minimum absolute atomic E-state index is 0.239. The third kappa shape index (κ3) is 6.45. The number of aliphatic imine (C=N–C) groups is 1. The average molecular weight is 326 g/mol. The molecule has 0 aromatic heterocycles. The van der Waals surface area contributed by atoms with E-state index in [0.29, 0.717) is 0 Å². The third-order valence-electron chi connectivity index (χ3n) is 3.47. The van der Waals surface area contributed by atoms with Crippen LogP contribution in [0, 0.1) is 0 Å². The van der Waals surface area contributed by atoms with E-state index in [9.17, 15) is 0 Å². The Morgan fingerprint density at radius 1 is 0.917 bits per heavy atom. The van der Waals surface area contributed by atoms with E-state index in [1.165, 1.54) is 11.1 Å². The van der Waals surface area contributed by atoms with Gasteiger partial charge in [-0.3, -0.25) is 4.99 Å². The third-order valence-corrected chi connectivity index (χ3v) is 3.47. The molecule has 1 aliphatic heterocycles. The van der Waals surface area contributed by atoms with Gasteiger partial charge in [-0.2, -0.15) is 0 Å². The summed E-state index contributed by atoms with van der Waals surface area (Å²) in [5.41, 5.74) is 2.61. The van der Waals surface area contributed by atoms with Crippen LogP contribution < -0.4 is 10.6 Å². The maximum Gasteiger partial charge on any atom is 0.191 e. The zero-order chi connectivity index (χ0) is 17.6. The van der Waals surface area contributed by atoms with Gasteiger partial charge in [0.05, 0.1) is 12.6 Å². The normalized spacial score (nSPS) is 13.2. The summed E-state index contributed by atoms with van der Waals surface area (Å²) in [7, 11) is 0. The highest BCUT2D eigenvalue weighted by molar-refractivity contribution is 5.81. The first-order valence-corrected chi connectivity index (χ1v) is 9.05. The number of nitrogens with zero attached hydrogens (tertiary/aromatic N) is 1. The smallest absolute Gasteiger partial charge is 0.191 e. The molecule has 0 amide bonds. The van der Waals surface area contributed by atoms with Crippen LogP contribution in [0.4, 0.5) is 0 Å². The summed E-state index contributed by atoms with van der Waals surface area (Å²) >= 11 is 0. The van der Waals surface area contributed by atoms with Crippen molar-refractivity contribution in [1.29, 1.82) is 0 Å². The van der Waals surface area contributed by atoms with Gasteiger partial charge in [0.25, 0.3) is 0 Å². The van der Waals surface area contributed by atoms with E-state index in [-0.39, 0.29) is 6.04 Å². The summed E-state index contributed by atoms with van der Waals surface area (Å²) in [6, 6.07) is 21.3. The molecule has 130 valence electrons. The number of guanidine groups is 1. The highest BCUT2D eigenvalue weighted by Gasteiger charge is 2.15. The number of rotatable bonds is 4. The maximum absolute atomic E-state index is 4.44. The molecule has 1 atom stereocenters. The van der Waals surface area contributed by atoms with Crippen LogP contribution in [0.15, 0.2) is 65.7 Å². The van der Waals surface area contributed by atoms with Crippen molar-refractivity contribution in [3.63, 3.8) is 0 Å². The van der Waals surface area contributed by atoms with Crippen molar-refractivity contribution in [2.45, 2.75) is 40.2 Å². The fourth-order valence-electron chi connectivity index (χ4n) is 2.45. The van der Waals surface area contributed by atoms with Crippen LogP contribution >= 0.6 is 0 Å². The van der Waals surface area contributed by atoms with Crippen LogP contribution in [-0.2, 0) is 6.42 Å². The summed E-state index contributed by atoms with van der Waals surface area (Å²) in [6.07, 6.45) is 0.950. The molecule has 0 fully saturated rings. The standard InChI is InChI=1S/C17H19N3.2C2H6/c1-3-7-14(8-4-1)13-16(15-9-5-2-6-10-15)20-17-18-11-12-19-17;2*1-2/h1-10,16H,11-13H2,(H2,18,19,20);2*1-2H3. The first-order chi connectivity index (χ1) is 11.9. The molecular weight excluding hydrogens is 294 g/mol. The first kappa shape index (κ1) is 19.8. The van der Waals surface area contributed by atoms with E-state index >= 15 is 0 Å². The predicted molar refractivity (Wildman–Crippen MR) is 105 cm³/mol. The molecule has 2 N–H and O–H groups in total. The van der Waals surface area contributed by atoms with Crippen LogP contribution in [-0.4, -0.2) is 19.0 Å². The largest absolute Gasteiger partial charge is 0.355 e. The number of hydrogen-bond donors (Lipinski definition) is 2. The Bertz CT molecular complexity index is 564. The summed E-state index contributed by atoms with van der Waals surface area (Å²) in [6.45, 7) is 9.78. The van der Waals surface area contributed by atoms with E-state index in [2.05, 4.69) is 76.3 Å². The van der Waals surface area contributed by atoms with Crippen molar-refractivity contribution >= 4 is 5.96 Å². The van der Waals surface area contributed by atoms with Gasteiger partial charge >= 0.3 is 0 Å². The van der Waals surface area contributed by atoms with E-state index in [0.717, 1.165) is 25.5 Å². The predicted octanol–water partition coefficient (Wildman–Crippen LogP) is 4.57. The molecule has 1 heterocycles. The first-order valence-electron chi connectivity index (χ1n) is 9.05. The molecule has 0 spiro atoms. The lowest BCUT2D eigenvalue weighted by Crippen LogP contribution is -2.37. The van der Waals surface area contributed by atoms with Gasteiger partial charge in [-0.25, -0.2) is 0 Å². The average Bonchev–Trinajstić information content (AvgIpc) is 3.19. The quantitative estimate of drug-likeness (QED) is 0.864. The second-order valence-corrected chi connectivity index (χ2v) is 4.95. The fraction of sp³-hybridized carbons (Fsp3) is 0.381. The van der Waals surface area contributed by atoms with Crippen molar-refractivity contribution < 1.29 is 0 Å². The van der Waals surface area contributed by atoms with Crippen molar-refractivity contribution in [1.82, 2.24) is 10.6 Å². The van der Waals surface area contributed by atoms with Gasteiger partial charge in [0, 0.05) is 6.54 Å². The fourth-order valence-corrected chi connectivity index (χ4v) is 2.45. The molecule has 1 unspecified atom stereocenters. The lowest BCUT2D eigenvalue weighted by molar-refractivity contribution is 0.634. The Morgan fingerprint density at radius 2 is 1.50 bits per heavy atom. The van der Waals surface area contributed by atoms with Crippen molar-refractivity contribution in [3.05, 3.63) is 71.8 Å². The van der Waals surface area contributed by atoms with Gasteiger partial charge in [0.1, 0.15) is 0 Å². The van der Waals surface area contributed by atoms with Crippen LogP contribution in [0.2, 0.25) is 0 Å². The summed E-state index contributed by atoms with van der Waals surface area (Å²) in [5, 5.41) is 6.80. The second-order valence-electron chi connectivity index (χ2n) is 4.95. The molecule has 3 rings (SSSR count). The Kier molecular flexibility index (Phi) is 10.0. The van der Waals surface area contributed by atoms with E-state index < -0.39 is 0 Å². The summed E-state index contributed by atoms with van der Waals surface area (Å²) in [5.74, 6) is 0.912. The molecule has 0 saturated carbocycles. The van der Waals surface area contributed by atoms with E-state index in [1.54, 1.807) is 0 Å². The monoisotopic (exact) mass is 325 g/mol. The highest BCUT2D eigenvalue weighted by Crippen LogP contribution is 2.18. The van der Waals surface area contributed by atoms with Gasteiger partial charge in [0.15, 0.2) is 5.96 Å². The zero-order valence-corrected chi connectivity index (χ0v) is 15.4. The second kappa shape index (κ2) is 12.2. The van der Waals surface area contributed by atoms with Crippen LogP contribution in [0.25, 0.3) is 0 Å². The molecule has 2 aromatic carbocycles. The number of benzene rings is 2. The maximum atomic E-state index is 4.44. The van der Waals surface area contributed by atoms with Crippen LogP contribution in [0.1, 0.15) is 44.9 Å². The van der Waals surface area contributed by atoms with E-state index in [4.69, 9.17) is 0 Å². The topological polar surface area (TPSA) is 36.4 Å². The molecule has 3 nitrogen and oxygen atoms in total. The molecule has 3 heteroatoms. The minimum atomic E-state index is 0.239. The van der Waals surface area contributed by atoms with Crippen LogP contribution in [0.5, 0.6) is 0 Å². The SMILES string of the molecule is CC.CC.c1ccc(CC(NC2=NCCN2)c2ccccc2)cc1. The number of hydrogen-bond acceptors (Lipinski definition) is 3. The highest BCUT2D eigenvalue weighted by atomic mass is 15.2. The van der Waals surface area contributed by atoms with Crippen molar-refractivity contribution in [3.8, 4) is 0 Å². The van der Waals surface area contributed by atoms with Gasteiger partial charge in [-0.15, -0.1) is 0 Å². The molecule has 0 saturated heterocycles. The van der Waals surface area contributed by atoms with Crippen molar-refractivity contribution in [2.75, 3.05) is 13.1 Å². The minimum Gasteiger partial charge on any atom is -0.355 e. The van der Waals surface area contributed by atoms with Gasteiger partial charge in [-0.05, 0) is 17.5 Å². The zero-order valence-electron chi connectivity index (χ0n) is 15.4. The lowest BCUT2D eigenvalue weighted by Gasteiger charge is -2.20. The van der Waals surface area contributed by atoms with Crippen LogP contribution in [0.3, 0.4) is 0 Å². The molecule has 24 heavy (non-hydrogen) atoms. The molecule has 0 bridgehead atoms. The molecule has 0 aliphatic carbocycles. The Labute approximate surface area is 147 Å².